The van der Waals surface area contributed by atoms with Gasteiger partial charge in [-0.2, -0.15) is 0 Å². The number of carbonyl (C=O) groups excluding carboxylic acids is 1. The van der Waals surface area contributed by atoms with E-state index in [1.165, 1.54) is 6.42 Å². The lowest BCUT2D eigenvalue weighted by molar-refractivity contribution is 0.0917. The molecule has 1 aromatic rings. The van der Waals surface area contributed by atoms with Crippen LogP contribution in [0.15, 0.2) is 22.7 Å². The van der Waals surface area contributed by atoms with Gasteiger partial charge in [0.1, 0.15) is 0 Å². The van der Waals surface area contributed by atoms with Crippen LogP contribution in [0.1, 0.15) is 29.6 Å². The molecule has 0 radical (unpaired) electrons. The molecule has 4 heteroatoms. The Kier molecular flexibility index (Phi) is 3.32. The Morgan fingerprint density at radius 2 is 2.20 bits per heavy atom. The van der Waals surface area contributed by atoms with Crippen molar-refractivity contribution < 1.29 is 4.79 Å². The topological polar surface area (TPSA) is 29.1 Å². The van der Waals surface area contributed by atoms with Crippen molar-refractivity contribution in [1.29, 1.82) is 0 Å². The normalized spacial score (nSPS) is 15.9. The van der Waals surface area contributed by atoms with Gasteiger partial charge in [0.25, 0.3) is 5.91 Å². The monoisotopic (exact) mass is 287 g/mol. The van der Waals surface area contributed by atoms with Gasteiger partial charge in [0, 0.05) is 10.5 Å². The number of nitrogens with one attached hydrogen (secondary N) is 1. The highest BCUT2D eigenvalue weighted by Gasteiger charge is 2.21. The number of hydrogen-bond donors (Lipinski definition) is 1. The Morgan fingerprint density at radius 1 is 1.47 bits per heavy atom. The molecule has 0 bridgehead atoms. The lowest BCUT2D eigenvalue weighted by Gasteiger charge is -2.26. The molecular weight excluding hydrogens is 277 g/mol. The van der Waals surface area contributed by atoms with Gasteiger partial charge >= 0.3 is 0 Å². The van der Waals surface area contributed by atoms with Crippen LogP contribution in [0.2, 0.25) is 5.02 Å². The van der Waals surface area contributed by atoms with E-state index < -0.39 is 0 Å². The van der Waals surface area contributed by atoms with E-state index in [9.17, 15) is 4.79 Å². The van der Waals surface area contributed by atoms with Crippen LogP contribution in [0.3, 0.4) is 0 Å². The molecule has 1 N–H and O–H groups in total. The summed E-state index contributed by atoms with van der Waals surface area (Å²) in [6.45, 7) is 0. The number of benzene rings is 1. The zero-order chi connectivity index (χ0) is 10.8. The van der Waals surface area contributed by atoms with Gasteiger partial charge in [-0.3, -0.25) is 4.79 Å². The molecule has 15 heavy (non-hydrogen) atoms. The van der Waals surface area contributed by atoms with Crippen molar-refractivity contribution in [2.45, 2.75) is 25.3 Å². The van der Waals surface area contributed by atoms with Crippen LogP contribution >= 0.6 is 27.5 Å². The molecular formula is C11H11BrClNO. The van der Waals surface area contributed by atoms with Crippen LogP contribution in [-0.4, -0.2) is 11.9 Å². The van der Waals surface area contributed by atoms with Gasteiger partial charge in [0.05, 0.1) is 10.6 Å². The lowest BCUT2D eigenvalue weighted by atomic mass is 9.93. The molecule has 1 aliphatic carbocycles. The van der Waals surface area contributed by atoms with Gasteiger partial charge in [-0.1, -0.05) is 27.5 Å². The minimum Gasteiger partial charge on any atom is -0.349 e. The smallest absolute Gasteiger partial charge is 0.253 e. The van der Waals surface area contributed by atoms with Crippen LogP contribution in [0.25, 0.3) is 0 Å². The SMILES string of the molecule is O=C(NC1CCC1)c1cc(Br)ccc1Cl. The predicted molar refractivity (Wildman–Crippen MR) is 64.3 cm³/mol. The third-order valence-electron chi connectivity index (χ3n) is 2.61. The van der Waals surface area contributed by atoms with E-state index >= 15 is 0 Å². The number of rotatable bonds is 2. The summed E-state index contributed by atoms with van der Waals surface area (Å²) in [4.78, 5) is 11.8. The average Bonchev–Trinajstić information content (AvgIpc) is 2.15. The third-order valence-corrected chi connectivity index (χ3v) is 3.44. The summed E-state index contributed by atoms with van der Waals surface area (Å²) in [5, 5.41) is 3.45. The summed E-state index contributed by atoms with van der Waals surface area (Å²) in [5.74, 6) is -0.0778. The second kappa shape index (κ2) is 4.54. The fourth-order valence-electron chi connectivity index (χ4n) is 1.49. The molecule has 1 saturated carbocycles. The van der Waals surface area contributed by atoms with Gasteiger partial charge in [-0.15, -0.1) is 0 Å². The van der Waals surface area contributed by atoms with Crippen molar-refractivity contribution in [3.63, 3.8) is 0 Å². The summed E-state index contributed by atoms with van der Waals surface area (Å²) in [6.07, 6.45) is 3.37. The standard InChI is InChI=1S/C11H11BrClNO/c12-7-4-5-10(13)9(6-7)11(15)14-8-2-1-3-8/h4-6,8H,1-3H2,(H,14,15). The van der Waals surface area contributed by atoms with E-state index in [4.69, 9.17) is 11.6 Å². The molecule has 1 fully saturated rings. The largest absolute Gasteiger partial charge is 0.349 e. The maximum Gasteiger partial charge on any atom is 0.253 e. The highest BCUT2D eigenvalue weighted by molar-refractivity contribution is 9.10. The first-order valence-electron chi connectivity index (χ1n) is 4.93. The molecule has 1 amide bonds. The molecule has 0 aromatic heterocycles. The van der Waals surface area contributed by atoms with Crippen molar-refractivity contribution in [3.05, 3.63) is 33.3 Å². The molecule has 0 atom stereocenters. The van der Waals surface area contributed by atoms with Gasteiger partial charge in [-0.05, 0) is 37.5 Å². The first-order chi connectivity index (χ1) is 7.16. The summed E-state index contributed by atoms with van der Waals surface area (Å²) in [5.41, 5.74) is 0.540. The number of amides is 1. The van der Waals surface area contributed by atoms with Crippen molar-refractivity contribution >= 4 is 33.4 Å². The molecule has 0 saturated heterocycles. The first kappa shape index (κ1) is 11.0. The summed E-state index contributed by atoms with van der Waals surface area (Å²) in [6, 6.07) is 5.63. The van der Waals surface area contributed by atoms with Crippen molar-refractivity contribution in [1.82, 2.24) is 5.32 Å². The molecule has 1 aliphatic rings. The minimum absolute atomic E-state index is 0.0778. The van der Waals surface area contributed by atoms with E-state index in [0.717, 1.165) is 17.3 Å². The van der Waals surface area contributed by atoms with Gasteiger partial charge < -0.3 is 5.32 Å². The van der Waals surface area contributed by atoms with Gasteiger partial charge in [0.2, 0.25) is 0 Å². The van der Waals surface area contributed by atoms with Crippen LogP contribution in [0.4, 0.5) is 0 Å². The summed E-state index contributed by atoms with van der Waals surface area (Å²) < 4.78 is 0.866. The van der Waals surface area contributed by atoms with Crippen molar-refractivity contribution in [3.8, 4) is 0 Å². The Balaban J connectivity index is 2.12. The zero-order valence-electron chi connectivity index (χ0n) is 8.09. The Labute approximate surface area is 102 Å². The average molecular weight is 289 g/mol. The molecule has 80 valence electrons. The maximum atomic E-state index is 11.8. The first-order valence-corrected chi connectivity index (χ1v) is 6.10. The van der Waals surface area contributed by atoms with E-state index in [2.05, 4.69) is 21.2 Å². The van der Waals surface area contributed by atoms with Crippen LogP contribution in [0.5, 0.6) is 0 Å². The molecule has 0 aliphatic heterocycles. The Hall–Kier alpha value is -0.540. The Bertz CT molecular complexity index is 390. The second-order valence-electron chi connectivity index (χ2n) is 3.73. The summed E-state index contributed by atoms with van der Waals surface area (Å²) >= 11 is 9.28. The van der Waals surface area contributed by atoms with Gasteiger partial charge in [0.15, 0.2) is 0 Å². The minimum atomic E-state index is -0.0778. The van der Waals surface area contributed by atoms with E-state index in [1.54, 1.807) is 12.1 Å². The maximum absolute atomic E-state index is 11.8. The van der Waals surface area contributed by atoms with E-state index in [1.807, 2.05) is 6.07 Å². The summed E-state index contributed by atoms with van der Waals surface area (Å²) in [7, 11) is 0. The highest BCUT2D eigenvalue weighted by atomic mass is 79.9. The Morgan fingerprint density at radius 3 is 2.80 bits per heavy atom. The third kappa shape index (κ3) is 2.52. The van der Waals surface area contributed by atoms with Gasteiger partial charge in [-0.25, -0.2) is 0 Å². The highest BCUT2D eigenvalue weighted by Crippen LogP contribution is 2.23. The molecule has 0 spiro atoms. The predicted octanol–water partition coefficient (Wildman–Crippen LogP) is 3.38. The quantitative estimate of drug-likeness (QED) is 0.888. The molecule has 0 heterocycles. The van der Waals surface area contributed by atoms with E-state index in [-0.39, 0.29) is 5.91 Å². The van der Waals surface area contributed by atoms with Crippen LogP contribution in [-0.2, 0) is 0 Å². The fourth-order valence-corrected chi connectivity index (χ4v) is 2.05. The molecule has 1 aromatic carbocycles. The van der Waals surface area contributed by atoms with Crippen LogP contribution in [0, 0.1) is 0 Å². The number of carbonyl (C=O) groups is 1. The molecule has 0 unspecified atom stereocenters. The van der Waals surface area contributed by atoms with Crippen molar-refractivity contribution in [2.75, 3.05) is 0 Å². The van der Waals surface area contributed by atoms with E-state index in [0.29, 0.717) is 16.6 Å². The second-order valence-corrected chi connectivity index (χ2v) is 5.05. The number of halogens is 2. The van der Waals surface area contributed by atoms with Crippen LogP contribution < -0.4 is 5.32 Å². The molecule has 2 nitrogen and oxygen atoms in total. The molecule has 2 rings (SSSR count). The number of hydrogen-bond acceptors (Lipinski definition) is 1. The zero-order valence-corrected chi connectivity index (χ0v) is 10.4. The fraction of sp³-hybridized carbons (Fsp3) is 0.364. The van der Waals surface area contributed by atoms with Crippen molar-refractivity contribution in [2.24, 2.45) is 0 Å². The lowest BCUT2D eigenvalue weighted by Crippen LogP contribution is -2.39.